The Kier molecular flexibility index (Phi) is 2.16. The minimum Gasteiger partial charge on any atom is -0.461 e. The maximum absolute atomic E-state index is 5.68. The van der Waals surface area contributed by atoms with E-state index in [1.165, 1.54) is 10.9 Å². The summed E-state index contributed by atoms with van der Waals surface area (Å²) < 4.78 is 6.79. The van der Waals surface area contributed by atoms with Crippen molar-refractivity contribution in [3.63, 3.8) is 0 Å². The van der Waals surface area contributed by atoms with Gasteiger partial charge in [-0.05, 0) is 30.7 Å². The van der Waals surface area contributed by atoms with Gasteiger partial charge in [0.2, 0.25) is 0 Å². The zero-order valence-corrected chi connectivity index (χ0v) is 9.31. The molecule has 1 aromatic carbocycles. The highest BCUT2D eigenvalue weighted by atomic mass is 79.9. The topological polar surface area (TPSA) is 13.1 Å². The van der Waals surface area contributed by atoms with Crippen LogP contribution < -0.4 is 0 Å². The number of rotatable bonds is 1. The third kappa shape index (κ3) is 1.51. The van der Waals surface area contributed by atoms with E-state index in [0.29, 0.717) is 0 Å². The van der Waals surface area contributed by atoms with Gasteiger partial charge >= 0.3 is 0 Å². The molecule has 2 aromatic rings. The van der Waals surface area contributed by atoms with Gasteiger partial charge in [0.05, 0.1) is 0 Å². The first kappa shape index (κ1) is 8.82. The standard InChI is InChI=1S/C11H11BrO/c1-3-10-6-8-5-9(12)4-7(2)11(8)13-10/h4-6H,3H2,1-2H3. The number of fused-ring (bicyclic) bond motifs is 1. The minimum absolute atomic E-state index is 0.950. The predicted octanol–water partition coefficient (Wildman–Crippen LogP) is 4.07. The Balaban J connectivity index is 2.75. The van der Waals surface area contributed by atoms with Gasteiger partial charge in [-0.3, -0.25) is 0 Å². The molecule has 0 aliphatic heterocycles. The highest BCUT2D eigenvalue weighted by Crippen LogP contribution is 2.26. The highest BCUT2D eigenvalue weighted by molar-refractivity contribution is 9.10. The summed E-state index contributed by atoms with van der Waals surface area (Å²) in [7, 11) is 0. The maximum atomic E-state index is 5.68. The van der Waals surface area contributed by atoms with Crippen LogP contribution in [0.5, 0.6) is 0 Å². The summed E-state index contributed by atoms with van der Waals surface area (Å²) in [6.45, 7) is 4.16. The Morgan fingerprint density at radius 1 is 1.31 bits per heavy atom. The van der Waals surface area contributed by atoms with Gasteiger partial charge in [0.15, 0.2) is 0 Å². The molecule has 0 bridgehead atoms. The molecule has 0 saturated carbocycles. The van der Waals surface area contributed by atoms with E-state index in [1.54, 1.807) is 0 Å². The van der Waals surface area contributed by atoms with Crippen molar-refractivity contribution in [2.45, 2.75) is 20.3 Å². The molecule has 0 amide bonds. The Bertz CT molecular complexity index is 443. The van der Waals surface area contributed by atoms with Gasteiger partial charge in [-0.2, -0.15) is 0 Å². The molecule has 0 spiro atoms. The maximum Gasteiger partial charge on any atom is 0.137 e. The Hall–Kier alpha value is -0.760. The molecule has 13 heavy (non-hydrogen) atoms. The van der Waals surface area contributed by atoms with E-state index >= 15 is 0 Å². The fourth-order valence-corrected chi connectivity index (χ4v) is 2.10. The molecular formula is C11H11BrO. The summed E-state index contributed by atoms with van der Waals surface area (Å²) in [4.78, 5) is 0. The summed E-state index contributed by atoms with van der Waals surface area (Å²) in [5, 5.41) is 1.18. The van der Waals surface area contributed by atoms with E-state index in [0.717, 1.165) is 22.2 Å². The molecular weight excluding hydrogens is 228 g/mol. The fraction of sp³-hybridized carbons (Fsp3) is 0.273. The van der Waals surface area contributed by atoms with Crippen LogP contribution >= 0.6 is 15.9 Å². The van der Waals surface area contributed by atoms with E-state index in [4.69, 9.17) is 4.42 Å². The van der Waals surface area contributed by atoms with Crippen LogP contribution in [0.25, 0.3) is 11.0 Å². The van der Waals surface area contributed by atoms with Crippen molar-refractivity contribution in [1.82, 2.24) is 0 Å². The molecule has 1 nitrogen and oxygen atoms in total. The highest BCUT2D eigenvalue weighted by Gasteiger charge is 2.05. The Morgan fingerprint density at radius 3 is 2.77 bits per heavy atom. The van der Waals surface area contributed by atoms with Crippen LogP contribution in [0.2, 0.25) is 0 Å². The van der Waals surface area contributed by atoms with E-state index in [2.05, 4.69) is 48.0 Å². The third-order valence-electron chi connectivity index (χ3n) is 2.17. The van der Waals surface area contributed by atoms with Gasteiger partial charge in [0.1, 0.15) is 11.3 Å². The smallest absolute Gasteiger partial charge is 0.137 e. The van der Waals surface area contributed by atoms with Crippen molar-refractivity contribution in [3.8, 4) is 0 Å². The largest absolute Gasteiger partial charge is 0.461 e. The summed E-state index contributed by atoms with van der Waals surface area (Å²) in [5.41, 5.74) is 2.20. The summed E-state index contributed by atoms with van der Waals surface area (Å²) in [5.74, 6) is 1.05. The van der Waals surface area contributed by atoms with E-state index < -0.39 is 0 Å². The van der Waals surface area contributed by atoms with Crippen molar-refractivity contribution in [2.75, 3.05) is 0 Å². The average Bonchev–Trinajstić information content (AvgIpc) is 2.47. The molecule has 2 rings (SSSR count). The van der Waals surface area contributed by atoms with Crippen LogP contribution in [0.15, 0.2) is 27.1 Å². The van der Waals surface area contributed by atoms with Crippen molar-refractivity contribution in [2.24, 2.45) is 0 Å². The lowest BCUT2D eigenvalue weighted by atomic mass is 10.2. The lowest BCUT2D eigenvalue weighted by Crippen LogP contribution is -1.73. The Labute approximate surface area is 85.9 Å². The first-order valence-corrected chi connectivity index (χ1v) is 5.18. The number of benzene rings is 1. The van der Waals surface area contributed by atoms with Gasteiger partial charge in [-0.25, -0.2) is 0 Å². The molecule has 0 N–H and O–H groups in total. The molecule has 2 heteroatoms. The van der Waals surface area contributed by atoms with E-state index in [1.807, 2.05) is 0 Å². The van der Waals surface area contributed by atoms with Crippen LogP contribution in [-0.4, -0.2) is 0 Å². The molecule has 0 aliphatic rings. The molecule has 0 saturated heterocycles. The van der Waals surface area contributed by atoms with Gasteiger partial charge in [0.25, 0.3) is 0 Å². The second-order valence-corrected chi connectivity index (χ2v) is 4.12. The van der Waals surface area contributed by atoms with Crippen LogP contribution in [0.4, 0.5) is 0 Å². The molecule has 0 fully saturated rings. The number of furan rings is 1. The van der Waals surface area contributed by atoms with Gasteiger partial charge < -0.3 is 4.42 Å². The van der Waals surface area contributed by atoms with Crippen LogP contribution in [0.3, 0.4) is 0 Å². The molecule has 68 valence electrons. The SMILES string of the molecule is CCc1cc2cc(Br)cc(C)c2o1. The molecule has 1 aromatic heterocycles. The predicted molar refractivity (Wildman–Crippen MR) is 58.0 cm³/mol. The van der Waals surface area contributed by atoms with Crippen molar-refractivity contribution < 1.29 is 4.42 Å². The van der Waals surface area contributed by atoms with Crippen LogP contribution in [-0.2, 0) is 6.42 Å². The zero-order valence-electron chi connectivity index (χ0n) is 7.73. The van der Waals surface area contributed by atoms with Crippen molar-refractivity contribution >= 4 is 26.9 Å². The number of aryl methyl sites for hydroxylation is 2. The van der Waals surface area contributed by atoms with Crippen molar-refractivity contribution in [1.29, 1.82) is 0 Å². The molecule has 0 radical (unpaired) electrons. The monoisotopic (exact) mass is 238 g/mol. The van der Waals surface area contributed by atoms with Gasteiger partial charge in [-0.15, -0.1) is 0 Å². The number of hydrogen-bond donors (Lipinski definition) is 0. The molecule has 0 aliphatic carbocycles. The second-order valence-electron chi connectivity index (χ2n) is 3.21. The molecule has 0 atom stereocenters. The third-order valence-corrected chi connectivity index (χ3v) is 2.62. The normalized spacial score (nSPS) is 11.0. The summed E-state index contributed by atoms with van der Waals surface area (Å²) in [6.07, 6.45) is 0.950. The summed E-state index contributed by atoms with van der Waals surface area (Å²) >= 11 is 3.47. The summed E-state index contributed by atoms with van der Waals surface area (Å²) in [6, 6.07) is 6.27. The van der Waals surface area contributed by atoms with Gasteiger partial charge in [0, 0.05) is 16.3 Å². The second kappa shape index (κ2) is 3.18. The number of hydrogen-bond acceptors (Lipinski definition) is 1. The average molecular weight is 239 g/mol. The minimum atomic E-state index is 0.950. The zero-order chi connectivity index (χ0) is 9.42. The number of halogens is 1. The lowest BCUT2D eigenvalue weighted by molar-refractivity contribution is 0.555. The van der Waals surface area contributed by atoms with Crippen LogP contribution in [0.1, 0.15) is 18.2 Å². The first-order chi connectivity index (χ1) is 6.20. The molecule has 1 heterocycles. The first-order valence-electron chi connectivity index (χ1n) is 4.39. The van der Waals surface area contributed by atoms with Gasteiger partial charge in [-0.1, -0.05) is 22.9 Å². The van der Waals surface area contributed by atoms with Crippen molar-refractivity contribution in [3.05, 3.63) is 34.0 Å². The fourth-order valence-electron chi connectivity index (χ4n) is 1.51. The molecule has 0 unspecified atom stereocenters. The van der Waals surface area contributed by atoms with E-state index in [-0.39, 0.29) is 0 Å². The Morgan fingerprint density at radius 2 is 2.08 bits per heavy atom. The van der Waals surface area contributed by atoms with E-state index in [9.17, 15) is 0 Å². The quantitative estimate of drug-likeness (QED) is 0.731. The lowest BCUT2D eigenvalue weighted by Gasteiger charge is -1.95. The van der Waals surface area contributed by atoms with Crippen LogP contribution in [0, 0.1) is 6.92 Å².